The fraction of sp³-hybridized carbons (Fsp3) is 0.729. The minimum Gasteiger partial charge on any atom is -0.462 e. The van der Waals surface area contributed by atoms with Crippen LogP contribution in [0.5, 0.6) is 0 Å². The van der Waals surface area contributed by atoms with Crippen molar-refractivity contribution in [2.45, 2.75) is 213 Å². The van der Waals surface area contributed by atoms with Gasteiger partial charge in [0, 0.05) is 19.3 Å². The molecule has 0 aromatic rings. The molecule has 0 N–H and O–H groups in total. The molecule has 0 amide bonds. The molecule has 0 saturated carbocycles. The number of hydrogen-bond donors (Lipinski definition) is 0. The molecule has 0 heterocycles. The summed E-state index contributed by atoms with van der Waals surface area (Å²) in [5, 5.41) is 0. The number of rotatable bonds is 39. The lowest BCUT2D eigenvalue weighted by atomic mass is 10.0. The molecule has 0 spiro atoms. The predicted molar refractivity (Wildman–Crippen MR) is 228 cm³/mol. The van der Waals surface area contributed by atoms with E-state index in [1.807, 2.05) is 0 Å². The number of allylic oxidation sites excluding steroid dienone is 10. The fourth-order valence-corrected chi connectivity index (χ4v) is 5.97. The summed E-state index contributed by atoms with van der Waals surface area (Å²) in [4.78, 5) is 37.6. The molecule has 0 fully saturated rings. The van der Waals surface area contributed by atoms with Gasteiger partial charge in [0.05, 0.1) is 0 Å². The van der Waals surface area contributed by atoms with E-state index in [-0.39, 0.29) is 37.5 Å². The topological polar surface area (TPSA) is 78.9 Å². The molecule has 0 saturated heterocycles. The largest absolute Gasteiger partial charge is 0.462 e. The van der Waals surface area contributed by atoms with Crippen LogP contribution in [0.3, 0.4) is 0 Å². The first-order valence-corrected chi connectivity index (χ1v) is 22.3. The molecular weight excluding hydrogens is 673 g/mol. The maximum absolute atomic E-state index is 12.6. The number of unbranched alkanes of at least 4 members (excludes halogenated alkanes) is 18. The Hall–Kier alpha value is -2.89. The molecule has 0 rings (SSSR count). The Morgan fingerprint density at radius 2 is 0.741 bits per heavy atom. The average molecular weight is 755 g/mol. The molecule has 0 radical (unpaired) electrons. The second kappa shape index (κ2) is 42.8. The van der Waals surface area contributed by atoms with Crippen molar-refractivity contribution in [3.05, 3.63) is 60.8 Å². The highest BCUT2D eigenvalue weighted by Gasteiger charge is 2.19. The van der Waals surface area contributed by atoms with Crippen molar-refractivity contribution in [2.24, 2.45) is 0 Å². The molecule has 1 atom stereocenters. The first-order valence-electron chi connectivity index (χ1n) is 22.3. The van der Waals surface area contributed by atoms with Crippen molar-refractivity contribution in [2.75, 3.05) is 13.2 Å². The Labute approximate surface area is 332 Å². The first kappa shape index (κ1) is 51.1. The molecule has 54 heavy (non-hydrogen) atoms. The summed E-state index contributed by atoms with van der Waals surface area (Å²) in [7, 11) is 0. The number of carbonyl (C=O) groups excluding carboxylic acids is 3. The highest BCUT2D eigenvalue weighted by Crippen LogP contribution is 2.15. The number of ether oxygens (including phenoxy) is 3. The molecule has 0 bridgehead atoms. The van der Waals surface area contributed by atoms with Crippen molar-refractivity contribution >= 4 is 17.9 Å². The van der Waals surface area contributed by atoms with Crippen molar-refractivity contribution in [1.82, 2.24) is 0 Å². The van der Waals surface area contributed by atoms with Gasteiger partial charge in [-0.1, -0.05) is 178 Å². The molecule has 6 heteroatoms. The van der Waals surface area contributed by atoms with Gasteiger partial charge in [0.2, 0.25) is 0 Å². The van der Waals surface area contributed by atoms with Crippen LogP contribution in [0, 0.1) is 0 Å². The van der Waals surface area contributed by atoms with Crippen LogP contribution in [0.2, 0.25) is 0 Å². The smallest absolute Gasteiger partial charge is 0.306 e. The van der Waals surface area contributed by atoms with Crippen LogP contribution in [-0.2, 0) is 28.6 Å². The molecule has 1 unspecified atom stereocenters. The fourth-order valence-electron chi connectivity index (χ4n) is 5.97. The summed E-state index contributed by atoms with van der Waals surface area (Å²) in [5.41, 5.74) is 0. The zero-order valence-corrected chi connectivity index (χ0v) is 35.2. The van der Waals surface area contributed by atoms with E-state index >= 15 is 0 Å². The van der Waals surface area contributed by atoms with Crippen LogP contribution in [0.4, 0.5) is 0 Å². The normalized spacial score (nSPS) is 12.6. The Kier molecular flexibility index (Phi) is 40.6. The van der Waals surface area contributed by atoms with Gasteiger partial charge in [-0.05, 0) is 70.6 Å². The van der Waals surface area contributed by atoms with Crippen molar-refractivity contribution in [3.8, 4) is 0 Å². The number of carbonyl (C=O) groups is 3. The van der Waals surface area contributed by atoms with Gasteiger partial charge in [0.1, 0.15) is 13.2 Å². The van der Waals surface area contributed by atoms with Crippen LogP contribution in [-0.4, -0.2) is 37.2 Å². The molecule has 0 aromatic heterocycles. The second-order valence-electron chi connectivity index (χ2n) is 14.5. The predicted octanol–water partition coefficient (Wildman–Crippen LogP) is 14.1. The highest BCUT2D eigenvalue weighted by atomic mass is 16.6. The van der Waals surface area contributed by atoms with Gasteiger partial charge in [0.25, 0.3) is 0 Å². The van der Waals surface area contributed by atoms with E-state index in [1.165, 1.54) is 83.5 Å². The lowest BCUT2D eigenvalue weighted by Crippen LogP contribution is -2.30. The molecule has 0 aliphatic rings. The lowest BCUT2D eigenvalue weighted by Gasteiger charge is -2.18. The second-order valence-corrected chi connectivity index (χ2v) is 14.5. The highest BCUT2D eigenvalue weighted by molar-refractivity contribution is 5.71. The van der Waals surface area contributed by atoms with E-state index < -0.39 is 6.10 Å². The molecule has 0 aromatic carbocycles. The number of hydrogen-bond acceptors (Lipinski definition) is 6. The Morgan fingerprint density at radius 1 is 0.389 bits per heavy atom. The van der Waals surface area contributed by atoms with Crippen LogP contribution in [0.15, 0.2) is 60.8 Å². The number of esters is 3. The maximum Gasteiger partial charge on any atom is 0.306 e. The van der Waals surface area contributed by atoms with Gasteiger partial charge in [-0.3, -0.25) is 14.4 Å². The zero-order valence-electron chi connectivity index (χ0n) is 35.2. The SMILES string of the molecule is CC/C=C\C/C=C\C/C=C\CCCC(=O)OC(COC(=O)CCCC/C=C\C/C=C\CC)COC(=O)CCCCCCCCCCCCCCCCCC. The minimum atomic E-state index is -0.808. The van der Waals surface area contributed by atoms with Gasteiger partial charge in [-0.2, -0.15) is 0 Å². The maximum atomic E-state index is 12.6. The Morgan fingerprint density at radius 3 is 1.19 bits per heavy atom. The third-order valence-corrected chi connectivity index (χ3v) is 9.27. The van der Waals surface area contributed by atoms with Crippen LogP contribution >= 0.6 is 0 Å². The average Bonchev–Trinajstić information content (AvgIpc) is 3.17. The summed E-state index contributed by atoms with van der Waals surface area (Å²) in [6, 6.07) is 0. The molecule has 310 valence electrons. The molecule has 6 nitrogen and oxygen atoms in total. The van der Waals surface area contributed by atoms with Crippen molar-refractivity contribution < 1.29 is 28.6 Å². The summed E-state index contributed by atoms with van der Waals surface area (Å²) in [5.74, 6) is -1.00. The molecule has 0 aliphatic carbocycles. The van der Waals surface area contributed by atoms with Gasteiger partial charge < -0.3 is 14.2 Å². The zero-order chi connectivity index (χ0) is 39.4. The van der Waals surface area contributed by atoms with Crippen LogP contribution in [0.25, 0.3) is 0 Å². The van der Waals surface area contributed by atoms with E-state index in [2.05, 4.69) is 81.5 Å². The first-order chi connectivity index (χ1) is 26.5. The summed E-state index contributed by atoms with van der Waals surface area (Å²) < 4.78 is 16.6. The summed E-state index contributed by atoms with van der Waals surface area (Å²) in [6.07, 6.45) is 50.9. The van der Waals surface area contributed by atoms with E-state index in [9.17, 15) is 14.4 Å². The standard InChI is InChI=1S/C48H82O6/c1-4-7-10-13-16-19-21-22-23-24-25-27-29-32-35-38-41-47(50)53-44-45(43-52-46(49)40-37-34-31-28-18-15-12-9-6-3)54-48(51)42-39-36-33-30-26-20-17-14-11-8-5-2/h8-9,11-12,17-18,20,28,30,33,45H,4-7,10,13-16,19,21-27,29,31-32,34-44H2,1-3H3/b11-8-,12-9-,20-17-,28-18-,33-30-. The molecule has 0 aliphatic heterocycles. The van der Waals surface area contributed by atoms with E-state index in [1.54, 1.807) is 0 Å². The van der Waals surface area contributed by atoms with Gasteiger partial charge >= 0.3 is 17.9 Å². The lowest BCUT2D eigenvalue weighted by molar-refractivity contribution is -0.167. The third-order valence-electron chi connectivity index (χ3n) is 9.27. The third kappa shape index (κ3) is 40.3. The van der Waals surface area contributed by atoms with Gasteiger partial charge in [0.15, 0.2) is 6.10 Å². The minimum absolute atomic E-state index is 0.104. The summed E-state index contributed by atoms with van der Waals surface area (Å²) in [6.45, 7) is 6.30. The van der Waals surface area contributed by atoms with Crippen LogP contribution < -0.4 is 0 Å². The molecular formula is C48H82O6. The summed E-state index contributed by atoms with van der Waals surface area (Å²) >= 11 is 0. The van der Waals surface area contributed by atoms with E-state index in [0.29, 0.717) is 19.3 Å². The van der Waals surface area contributed by atoms with E-state index in [4.69, 9.17) is 14.2 Å². The van der Waals surface area contributed by atoms with Crippen LogP contribution in [0.1, 0.15) is 207 Å². The Bertz CT molecular complexity index is 1010. The monoisotopic (exact) mass is 755 g/mol. The van der Waals surface area contributed by atoms with E-state index in [0.717, 1.165) is 77.0 Å². The van der Waals surface area contributed by atoms with Crippen molar-refractivity contribution in [3.63, 3.8) is 0 Å². The van der Waals surface area contributed by atoms with Crippen molar-refractivity contribution in [1.29, 1.82) is 0 Å². The van der Waals surface area contributed by atoms with Gasteiger partial charge in [-0.15, -0.1) is 0 Å². The van der Waals surface area contributed by atoms with Gasteiger partial charge in [-0.25, -0.2) is 0 Å². The Balaban J connectivity index is 4.38. The quantitative estimate of drug-likeness (QED) is 0.0269.